The molecule has 0 aliphatic carbocycles. The molecule has 2 fully saturated rings. The van der Waals surface area contributed by atoms with Crippen LogP contribution >= 0.6 is 15.9 Å². The summed E-state index contributed by atoms with van der Waals surface area (Å²) in [6.45, 7) is 9.39. The van der Waals surface area contributed by atoms with E-state index in [9.17, 15) is 4.79 Å². The first-order chi connectivity index (χ1) is 10.5. The minimum absolute atomic E-state index is 0.423. The van der Waals surface area contributed by atoms with Crippen molar-refractivity contribution in [1.82, 2.24) is 0 Å². The topological polar surface area (TPSA) is 54.0 Å². The summed E-state index contributed by atoms with van der Waals surface area (Å²) >= 11 is 3.23. The summed E-state index contributed by atoms with van der Waals surface area (Å²) in [6, 6.07) is 9.63. The van der Waals surface area contributed by atoms with Gasteiger partial charge in [0.15, 0.2) is 6.10 Å². The van der Waals surface area contributed by atoms with Gasteiger partial charge in [-0.25, -0.2) is 4.79 Å². The highest BCUT2D eigenvalue weighted by molar-refractivity contribution is 9.10. The summed E-state index contributed by atoms with van der Waals surface area (Å²) in [5.74, 6) is -3.20. The number of hydrogen-bond donors (Lipinski definition) is 0. The Morgan fingerprint density at radius 2 is 1.74 bits per heavy atom. The Morgan fingerprint density at radius 3 is 2.22 bits per heavy atom. The molecule has 126 valence electrons. The lowest BCUT2D eigenvalue weighted by Crippen LogP contribution is -2.45. The van der Waals surface area contributed by atoms with Crippen molar-refractivity contribution in [3.8, 4) is 0 Å². The van der Waals surface area contributed by atoms with E-state index in [0.29, 0.717) is 0 Å². The number of alkyl halides is 1. The molecule has 0 amide bonds. The van der Waals surface area contributed by atoms with Gasteiger partial charge in [0.05, 0.1) is 0 Å². The van der Waals surface area contributed by atoms with Gasteiger partial charge in [-0.2, -0.15) is 0 Å². The molecule has 0 bridgehead atoms. The van der Waals surface area contributed by atoms with Crippen molar-refractivity contribution < 1.29 is 23.7 Å². The van der Waals surface area contributed by atoms with E-state index >= 15 is 0 Å². The number of hydrogen-bond acceptors (Lipinski definition) is 5. The molecule has 1 aromatic carbocycles. The molecule has 2 saturated heterocycles. The molecular formula is C17H21BrO5. The van der Waals surface area contributed by atoms with Crippen molar-refractivity contribution in [2.45, 2.75) is 57.0 Å². The van der Waals surface area contributed by atoms with Gasteiger partial charge in [-0.05, 0) is 29.8 Å². The minimum Gasteiger partial charge on any atom is -0.403 e. The smallest absolute Gasteiger partial charge is 0.361 e. The zero-order chi connectivity index (χ0) is 17.1. The van der Waals surface area contributed by atoms with Crippen LogP contribution in [0.3, 0.4) is 0 Å². The third-order valence-electron chi connectivity index (χ3n) is 4.20. The normalized spacial score (nSPS) is 40.6. The first-order valence-corrected chi connectivity index (χ1v) is 8.38. The molecule has 0 aromatic heterocycles. The first kappa shape index (κ1) is 16.9. The number of ether oxygens (including phenoxy) is 4. The predicted octanol–water partition coefficient (Wildman–Crippen LogP) is 3.66. The number of carbonyl (C=O) groups is 1. The quantitative estimate of drug-likeness (QED) is 0.546. The number of benzene rings is 1. The monoisotopic (exact) mass is 384 g/mol. The predicted molar refractivity (Wildman–Crippen MR) is 86.4 cm³/mol. The van der Waals surface area contributed by atoms with Crippen molar-refractivity contribution in [1.29, 1.82) is 0 Å². The number of esters is 1. The van der Waals surface area contributed by atoms with E-state index in [1.165, 1.54) is 0 Å². The van der Waals surface area contributed by atoms with Gasteiger partial charge in [0.25, 0.3) is 0 Å². The third-order valence-corrected chi connectivity index (χ3v) is 4.69. The molecule has 0 saturated carbocycles. The maximum atomic E-state index is 12.1. The highest BCUT2D eigenvalue weighted by atomic mass is 79.9. The van der Waals surface area contributed by atoms with Crippen LogP contribution in [0.5, 0.6) is 0 Å². The summed E-state index contributed by atoms with van der Waals surface area (Å²) in [7, 11) is 0. The van der Waals surface area contributed by atoms with Gasteiger partial charge in [0, 0.05) is 11.0 Å². The van der Waals surface area contributed by atoms with Crippen LogP contribution in [0, 0.1) is 5.41 Å². The molecule has 6 heteroatoms. The fraction of sp³-hybridized carbons (Fsp3) is 0.588. The fourth-order valence-corrected chi connectivity index (χ4v) is 3.24. The van der Waals surface area contributed by atoms with E-state index in [-0.39, 0.29) is 0 Å². The molecule has 1 aromatic rings. The average Bonchev–Trinajstić information content (AvgIpc) is 2.85. The summed E-state index contributed by atoms with van der Waals surface area (Å²) in [5.41, 5.74) is 0.423. The number of halogens is 1. The van der Waals surface area contributed by atoms with Gasteiger partial charge in [0.1, 0.15) is 0 Å². The molecule has 2 aliphatic heterocycles. The molecule has 4 atom stereocenters. The van der Waals surface area contributed by atoms with E-state index in [1.807, 2.05) is 51.1 Å². The van der Waals surface area contributed by atoms with Crippen LogP contribution in [0.15, 0.2) is 30.3 Å². The molecule has 5 nitrogen and oxygen atoms in total. The van der Waals surface area contributed by atoms with Gasteiger partial charge in [-0.1, -0.05) is 51.1 Å². The van der Waals surface area contributed by atoms with Crippen LogP contribution in [-0.4, -0.2) is 22.6 Å². The number of rotatable bonds is 1. The number of carbonyl (C=O) groups excluding carboxylic acids is 1. The van der Waals surface area contributed by atoms with Crippen LogP contribution in [0.4, 0.5) is 0 Å². The second kappa shape index (κ2) is 5.02. The van der Waals surface area contributed by atoms with Crippen molar-refractivity contribution in [3.63, 3.8) is 0 Å². The van der Waals surface area contributed by atoms with Crippen LogP contribution < -0.4 is 0 Å². The highest BCUT2D eigenvalue weighted by Crippen LogP contribution is 2.56. The summed E-state index contributed by atoms with van der Waals surface area (Å²) in [5, 5.41) is 0. The molecular weight excluding hydrogens is 364 g/mol. The largest absolute Gasteiger partial charge is 0.403 e. The molecule has 0 N–H and O–H groups in total. The Morgan fingerprint density at radius 1 is 1.13 bits per heavy atom. The molecule has 3 unspecified atom stereocenters. The van der Waals surface area contributed by atoms with Crippen molar-refractivity contribution in [2.75, 3.05) is 0 Å². The second-order valence-electron chi connectivity index (χ2n) is 7.11. The average molecular weight is 385 g/mol. The van der Waals surface area contributed by atoms with Gasteiger partial charge in [-0.3, -0.25) is 9.47 Å². The van der Waals surface area contributed by atoms with Crippen molar-refractivity contribution in [2.24, 2.45) is 5.41 Å². The van der Waals surface area contributed by atoms with E-state index in [2.05, 4.69) is 15.9 Å². The molecule has 1 spiro atoms. The standard InChI is InChI=1S/C17H21BrO5/c1-11-17(21-13(19)15(5,18)22-17)23-16(20-11,14(2,3)4)12-9-7-6-8-10-12/h6-11H,1-5H3/t11-,15?,16?,17?/m0/s1. The molecule has 2 aliphatic rings. The maximum Gasteiger partial charge on any atom is 0.361 e. The van der Waals surface area contributed by atoms with Gasteiger partial charge < -0.3 is 9.47 Å². The Kier molecular flexibility index (Phi) is 3.69. The minimum atomic E-state index is -1.57. The summed E-state index contributed by atoms with van der Waals surface area (Å²) in [4.78, 5) is 12.1. The molecule has 2 heterocycles. The van der Waals surface area contributed by atoms with Gasteiger partial charge in [0.2, 0.25) is 10.3 Å². The van der Waals surface area contributed by atoms with Crippen LogP contribution in [0.25, 0.3) is 0 Å². The van der Waals surface area contributed by atoms with E-state index in [4.69, 9.17) is 18.9 Å². The Labute approximate surface area is 144 Å². The van der Waals surface area contributed by atoms with Crippen molar-refractivity contribution >= 4 is 21.9 Å². The molecule has 0 radical (unpaired) electrons. The maximum absolute atomic E-state index is 12.1. The van der Waals surface area contributed by atoms with Crippen LogP contribution in [0.1, 0.15) is 40.2 Å². The Balaban J connectivity index is 2.07. The lowest BCUT2D eigenvalue weighted by Gasteiger charge is -2.40. The third kappa shape index (κ3) is 2.43. The second-order valence-corrected chi connectivity index (χ2v) is 8.62. The Hall–Kier alpha value is -0.950. The molecule has 23 heavy (non-hydrogen) atoms. The Bertz CT molecular complexity index is 624. The first-order valence-electron chi connectivity index (χ1n) is 7.58. The summed E-state index contributed by atoms with van der Waals surface area (Å²) in [6.07, 6.45) is -0.592. The van der Waals surface area contributed by atoms with E-state index in [0.717, 1.165) is 5.56 Å². The van der Waals surface area contributed by atoms with Crippen molar-refractivity contribution in [3.05, 3.63) is 35.9 Å². The highest BCUT2D eigenvalue weighted by Gasteiger charge is 2.70. The van der Waals surface area contributed by atoms with E-state index < -0.39 is 33.8 Å². The molecule has 3 rings (SSSR count). The van der Waals surface area contributed by atoms with Gasteiger partial charge >= 0.3 is 11.9 Å². The van der Waals surface area contributed by atoms with E-state index in [1.54, 1.807) is 13.8 Å². The SMILES string of the molecule is C[C@@H]1OC(c2ccccc2)(C(C)(C)C)OC12OC(=O)C(C)(Br)O2. The lowest BCUT2D eigenvalue weighted by atomic mass is 9.81. The van der Waals surface area contributed by atoms with Crippen LogP contribution in [0.2, 0.25) is 0 Å². The summed E-state index contributed by atoms with van der Waals surface area (Å²) < 4.78 is 22.5. The van der Waals surface area contributed by atoms with Gasteiger partial charge in [-0.15, -0.1) is 0 Å². The fourth-order valence-electron chi connectivity index (χ4n) is 2.93. The zero-order valence-electron chi connectivity index (χ0n) is 13.9. The lowest BCUT2D eigenvalue weighted by molar-refractivity contribution is -0.365. The van der Waals surface area contributed by atoms with Crippen LogP contribution in [-0.2, 0) is 29.5 Å². The zero-order valence-corrected chi connectivity index (χ0v) is 15.5.